The number of nitrogens with one attached hydrogen (secondary N) is 1. The lowest BCUT2D eigenvalue weighted by molar-refractivity contribution is 0.866. The number of benzene rings is 3. The van der Waals surface area contributed by atoms with Gasteiger partial charge in [-0.1, -0.05) is 61.5 Å². The van der Waals surface area contributed by atoms with E-state index in [2.05, 4.69) is 83.7 Å². The maximum atomic E-state index is 5.04. The van der Waals surface area contributed by atoms with E-state index in [-0.39, 0.29) is 0 Å². The van der Waals surface area contributed by atoms with E-state index in [1.54, 1.807) is 0 Å². The van der Waals surface area contributed by atoms with Crippen LogP contribution in [0.5, 0.6) is 0 Å². The molecule has 1 aliphatic rings. The second-order valence-electron chi connectivity index (χ2n) is 6.81. The van der Waals surface area contributed by atoms with Crippen LogP contribution in [0.4, 0.5) is 5.82 Å². The molecular weight excluding hydrogens is 318 g/mol. The summed E-state index contributed by atoms with van der Waals surface area (Å²) in [7, 11) is 0. The van der Waals surface area contributed by atoms with Gasteiger partial charge in [-0.25, -0.2) is 4.68 Å². The topological polar surface area (TPSA) is 29.9 Å². The standard InChI is InChI=1S/C23H21N3/c1-2-16-7-5-6-10-21(16)26-23-20(13-14-24-23)22(25-26)19-12-11-17-8-3-4-9-18(17)15-19/h3-12,15,24H,2,13-14H2,1H3. The Bertz CT molecular complexity index is 1110. The summed E-state index contributed by atoms with van der Waals surface area (Å²) in [5.41, 5.74) is 6.11. The number of para-hydroxylation sites is 1. The molecule has 5 rings (SSSR count). The monoisotopic (exact) mass is 339 g/mol. The zero-order chi connectivity index (χ0) is 17.5. The molecule has 1 aromatic heterocycles. The molecule has 1 N–H and O–H groups in total. The van der Waals surface area contributed by atoms with Gasteiger partial charge < -0.3 is 5.32 Å². The molecule has 3 aromatic carbocycles. The minimum atomic E-state index is 0.974. The molecule has 0 saturated heterocycles. The van der Waals surface area contributed by atoms with Crippen molar-refractivity contribution in [3.05, 3.63) is 77.9 Å². The van der Waals surface area contributed by atoms with E-state index < -0.39 is 0 Å². The molecule has 4 aromatic rings. The average molecular weight is 339 g/mol. The molecule has 0 amide bonds. The average Bonchev–Trinajstić information content (AvgIpc) is 3.30. The third-order valence-electron chi connectivity index (χ3n) is 5.27. The van der Waals surface area contributed by atoms with Gasteiger partial charge in [0.1, 0.15) is 5.82 Å². The number of nitrogens with zero attached hydrogens (tertiary/aromatic N) is 2. The Morgan fingerprint density at radius 1 is 0.962 bits per heavy atom. The summed E-state index contributed by atoms with van der Waals surface area (Å²) in [4.78, 5) is 0. The van der Waals surface area contributed by atoms with Crippen LogP contribution in [0.15, 0.2) is 66.7 Å². The van der Waals surface area contributed by atoms with E-state index in [1.165, 1.54) is 33.2 Å². The van der Waals surface area contributed by atoms with Crippen molar-refractivity contribution in [2.45, 2.75) is 19.8 Å². The largest absolute Gasteiger partial charge is 0.369 e. The predicted molar refractivity (Wildman–Crippen MR) is 108 cm³/mol. The van der Waals surface area contributed by atoms with Crippen LogP contribution in [0.1, 0.15) is 18.1 Å². The lowest BCUT2D eigenvalue weighted by atomic mass is 10.0. The SMILES string of the molecule is CCc1ccccc1-n1nc(-c2ccc3ccccc3c2)c2c1NCC2. The Morgan fingerprint density at radius 2 is 1.77 bits per heavy atom. The number of hydrogen-bond acceptors (Lipinski definition) is 2. The lowest BCUT2D eigenvalue weighted by Crippen LogP contribution is -2.06. The van der Waals surface area contributed by atoms with Crippen LogP contribution >= 0.6 is 0 Å². The molecular formula is C23H21N3. The predicted octanol–water partition coefficient (Wildman–Crippen LogP) is 5.22. The first-order valence-corrected chi connectivity index (χ1v) is 9.28. The van der Waals surface area contributed by atoms with Crippen molar-refractivity contribution in [3.63, 3.8) is 0 Å². The minimum absolute atomic E-state index is 0.974. The van der Waals surface area contributed by atoms with Crippen molar-refractivity contribution in [2.75, 3.05) is 11.9 Å². The maximum absolute atomic E-state index is 5.04. The van der Waals surface area contributed by atoms with Gasteiger partial charge in [0.25, 0.3) is 0 Å². The lowest BCUT2D eigenvalue weighted by Gasteiger charge is -2.10. The number of aryl methyl sites for hydroxylation is 1. The van der Waals surface area contributed by atoms with Gasteiger partial charge in [-0.3, -0.25) is 0 Å². The second-order valence-corrected chi connectivity index (χ2v) is 6.81. The molecule has 128 valence electrons. The van der Waals surface area contributed by atoms with Crippen LogP contribution < -0.4 is 5.32 Å². The van der Waals surface area contributed by atoms with Crippen LogP contribution in [0.25, 0.3) is 27.7 Å². The van der Waals surface area contributed by atoms with Gasteiger partial charge in [0, 0.05) is 17.7 Å². The maximum Gasteiger partial charge on any atom is 0.133 e. The number of anilines is 1. The first-order chi connectivity index (χ1) is 12.8. The fourth-order valence-electron chi connectivity index (χ4n) is 3.93. The molecule has 0 spiro atoms. The quantitative estimate of drug-likeness (QED) is 0.554. The van der Waals surface area contributed by atoms with Crippen molar-refractivity contribution < 1.29 is 0 Å². The number of fused-ring (bicyclic) bond motifs is 2. The highest BCUT2D eigenvalue weighted by atomic mass is 15.3. The minimum Gasteiger partial charge on any atom is -0.369 e. The Kier molecular flexibility index (Phi) is 3.52. The summed E-state index contributed by atoms with van der Waals surface area (Å²) in [6.45, 7) is 3.17. The molecule has 2 heterocycles. The Hall–Kier alpha value is -3.07. The van der Waals surface area contributed by atoms with E-state index in [0.717, 1.165) is 30.9 Å². The van der Waals surface area contributed by atoms with Crippen molar-refractivity contribution in [1.29, 1.82) is 0 Å². The summed E-state index contributed by atoms with van der Waals surface area (Å²) in [5, 5.41) is 11.1. The van der Waals surface area contributed by atoms with E-state index in [1.807, 2.05) is 0 Å². The molecule has 3 nitrogen and oxygen atoms in total. The highest BCUT2D eigenvalue weighted by Gasteiger charge is 2.24. The number of rotatable bonds is 3. The van der Waals surface area contributed by atoms with E-state index in [4.69, 9.17) is 5.10 Å². The highest BCUT2D eigenvalue weighted by molar-refractivity contribution is 5.88. The molecule has 0 unspecified atom stereocenters. The first kappa shape index (κ1) is 15.2. The summed E-state index contributed by atoms with van der Waals surface area (Å²) in [6.07, 6.45) is 2.02. The number of aromatic nitrogens is 2. The van der Waals surface area contributed by atoms with Gasteiger partial charge in [-0.05, 0) is 41.3 Å². The van der Waals surface area contributed by atoms with Crippen LogP contribution in [-0.2, 0) is 12.8 Å². The molecule has 0 radical (unpaired) electrons. The molecule has 0 bridgehead atoms. The van der Waals surface area contributed by atoms with E-state index in [9.17, 15) is 0 Å². The van der Waals surface area contributed by atoms with E-state index >= 15 is 0 Å². The molecule has 3 heteroatoms. The molecule has 1 aliphatic heterocycles. The Morgan fingerprint density at radius 3 is 2.65 bits per heavy atom. The summed E-state index contributed by atoms with van der Waals surface area (Å²) in [6, 6.07) is 23.7. The third-order valence-corrected chi connectivity index (χ3v) is 5.27. The van der Waals surface area contributed by atoms with Crippen LogP contribution in [-0.4, -0.2) is 16.3 Å². The van der Waals surface area contributed by atoms with E-state index in [0.29, 0.717) is 0 Å². The zero-order valence-electron chi connectivity index (χ0n) is 14.9. The van der Waals surface area contributed by atoms with Gasteiger partial charge in [-0.2, -0.15) is 5.10 Å². The molecule has 0 fully saturated rings. The van der Waals surface area contributed by atoms with Crippen molar-refractivity contribution >= 4 is 16.6 Å². The fraction of sp³-hybridized carbons (Fsp3) is 0.174. The first-order valence-electron chi connectivity index (χ1n) is 9.28. The fourth-order valence-corrected chi connectivity index (χ4v) is 3.93. The highest BCUT2D eigenvalue weighted by Crippen LogP contribution is 2.36. The Balaban J connectivity index is 1.71. The van der Waals surface area contributed by atoms with Gasteiger partial charge in [0.05, 0.1) is 11.4 Å². The molecule has 0 atom stereocenters. The van der Waals surface area contributed by atoms with Gasteiger partial charge in [0.2, 0.25) is 0 Å². The van der Waals surface area contributed by atoms with Crippen LogP contribution in [0.2, 0.25) is 0 Å². The summed E-state index contributed by atoms with van der Waals surface area (Å²) >= 11 is 0. The van der Waals surface area contributed by atoms with Crippen molar-refractivity contribution in [3.8, 4) is 16.9 Å². The van der Waals surface area contributed by atoms with Gasteiger partial charge in [0.15, 0.2) is 0 Å². The van der Waals surface area contributed by atoms with Crippen LogP contribution in [0, 0.1) is 0 Å². The van der Waals surface area contributed by atoms with Gasteiger partial charge >= 0.3 is 0 Å². The second kappa shape index (κ2) is 6.03. The summed E-state index contributed by atoms with van der Waals surface area (Å²) < 4.78 is 2.10. The summed E-state index contributed by atoms with van der Waals surface area (Å²) in [5.74, 6) is 1.15. The zero-order valence-corrected chi connectivity index (χ0v) is 14.9. The van der Waals surface area contributed by atoms with Crippen molar-refractivity contribution in [1.82, 2.24) is 9.78 Å². The number of hydrogen-bond donors (Lipinski definition) is 1. The Labute approximate surface area is 153 Å². The smallest absolute Gasteiger partial charge is 0.133 e. The van der Waals surface area contributed by atoms with Crippen LogP contribution in [0.3, 0.4) is 0 Å². The molecule has 26 heavy (non-hydrogen) atoms. The third kappa shape index (κ3) is 2.31. The molecule has 0 aliphatic carbocycles. The van der Waals surface area contributed by atoms with Crippen molar-refractivity contribution in [2.24, 2.45) is 0 Å². The normalized spacial score (nSPS) is 13.0. The van der Waals surface area contributed by atoms with Gasteiger partial charge in [-0.15, -0.1) is 0 Å². The molecule has 0 saturated carbocycles.